The summed E-state index contributed by atoms with van der Waals surface area (Å²) in [7, 11) is 0. The van der Waals surface area contributed by atoms with E-state index in [4.69, 9.17) is 9.84 Å². The Balaban J connectivity index is 1.50. The van der Waals surface area contributed by atoms with Crippen molar-refractivity contribution < 1.29 is 19.4 Å². The molecule has 1 saturated heterocycles. The largest absolute Gasteiger partial charge is 0.465 e. The summed E-state index contributed by atoms with van der Waals surface area (Å²) in [6.07, 6.45) is -0.317. The molecule has 8 nitrogen and oxygen atoms in total. The van der Waals surface area contributed by atoms with Crippen molar-refractivity contribution in [3.8, 4) is 5.19 Å². The zero-order valence-corrected chi connectivity index (χ0v) is 13.5. The van der Waals surface area contributed by atoms with Crippen molar-refractivity contribution in [3.63, 3.8) is 0 Å². The van der Waals surface area contributed by atoms with Crippen LogP contribution in [0.1, 0.15) is 12.0 Å². The van der Waals surface area contributed by atoms with Crippen LogP contribution in [0.4, 0.5) is 9.93 Å². The number of likely N-dealkylation sites (tertiary alicyclic amines) is 1. The van der Waals surface area contributed by atoms with Crippen LogP contribution < -0.4 is 10.1 Å². The van der Waals surface area contributed by atoms with Gasteiger partial charge in [0.15, 0.2) is 0 Å². The van der Waals surface area contributed by atoms with Crippen molar-refractivity contribution in [2.45, 2.75) is 18.9 Å². The van der Waals surface area contributed by atoms with Gasteiger partial charge in [0.05, 0.1) is 13.0 Å². The smallest absolute Gasteiger partial charge is 0.407 e. The van der Waals surface area contributed by atoms with Crippen LogP contribution in [-0.2, 0) is 11.2 Å². The summed E-state index contributed by atoms with van der Waals surface area (Å²) in [5, 5.41) is 20.0. The van der Waals surface area contributed by atoms with Gasteiger partial charge in [0, 0.05) is 13.0 Å². The van der Waals surface area contributed by atoms with Crippen LogP contribution in [-0.4, -0.2) is 51.4 Å². The van der Waals surface area contributed by atoms with Crippen LogP contribution in [0.5, 0.6) is 5.19 Å². The molecular weight excluding hydrogens is 332 g/mol. The van der Waals surface area contributed by atoms with Crippen LogP contribution >= 0.6 is 11.3 Å². The molecule has 0 radical (unpaired) electrons. The third-order valence-electron chi connectivity index (χ3n) is 3.54. The van der Waals surface area contributed by atoms with E-state index in [0.717, 1.165) is 16.9 Å². The van der Waals surface area contributed by atoms with Gasteiger partial charge < -0.3 is 20.1 Å². The Hall–Kier alpha value is -2.68. The van der Waals surface area contributed by atoms with E-state index in [0.29, 0.717) is 29.8 Å². The van der Waals surface area contributed by atoms with E-state index in [-0.39, 0.29) is 18.4 Å². The lowest BCUT2D eigenvalue weighted by Crippen LogP contribution is -2.29. The summed E-state index contributed by atoms with van der Waals surface area (Å²) in [6, 6.07) is 9.40. The average molecular weight is 348 g/mol. The maximum atomic E-state index is 12.0. The number of rotatable bonds is 5. The molecule has 1 aromatic carbocycles. The van der Waals surface area contributed by atoms with Crippen LogP contribution in [0.3, 0.4) is 0 Å². The van der Waals surface area contributed by atoms with Gasteiger partial charge in [0.2, 0.25) is 11.0 Å². The van der Waals surface area contributed by atoms with Crippen molar-refractivity contribution in [2.24, 2.45) is 0 Å². The minimum Gasteiger partial charge on any atom is -0.465 e. The van der Waals surface area contributed by atoms with Gasteiger partial charge >= 0.3 is 6.09 Å². The number of aromatic nitrogens is 2. The Morgan fingerprint density at radius 2 is 2.12 bits per heavy atom. The molecule has 1 aliphatic heterocycles. The molecule has 2 amide bonds. The van der Waals surface area contributed by atoms with Gasteiger partial charge in [0.1, 0.15) is 6.10 Å². The number of amides is 2. The molecule has 3 rings (SSSR count). The van der Waals surface area contributed by atoms with Crippen molar-refractivity contribution in [1.82, 2.24) is 15.1 Å². The third-order valence-corrected chi connectivity index (χ3v) is 4.27. The molecule has 0 unspecified atom stereocenters. The third kappa shape index (κ3) is 4.19. The van der Waals surface area contributed by atoms with Gasteiger partial charge in [-0.15, -0.1) is 5.10 Å². The molecular formula is C15H16N4O4S. The number of anilines is 1. The summed E-state index contributed by atoms with van der Waals surface area (Å²) in [5.74, 6) is -0.179. The van der Waals surface area contributed by atoms with E-state index in [1.54, 1.807) is 0 Å². The SMILES string of the molecule is O=C(Cc1ccccc1)Nc1nnc(O[C@H]2CCN(C(=O)O)C2)s1. The first-order valence-electron chi connectivity index (χ1n) is 7.42. The molecule has 1 fully saturated rings. The number of hydrogen-bond donors (Lipinski definition) is 2. The summed E-state index contributed by atoms with van der Waals surface area (Å²) in [5.41, 5.74) is 0.913. The van der Waals surface area contributed by atoms with Gasteiger partial charge in [-0.05, 0) is 16.9 Å². The minimum atomic E-state index is -0.952. The summed E-state index contributed by atoms with van der Waals surface area (Å²) in [4.78, 5) is 24.1. The van der Waals surface area contributed by atoms with E-state index in [9.17, 15) is 9.59 Å². The zero-order chi connectivity index (χ0) is 16.9. The van der Waals surface area contributed by atoms with E-state index in [1.807, 2.05) is 30.3 Å². The molecule has 24 heavy (non-hydrogen) atoms. The number of ether oxygens (including phenoxy) is 1. The highest BCUT2D eigenvalue weighted by molar-refractivity contribution is 7.17. The highest BCUT2D eigenvalue weighted by Gasteiger charge is 2.28. The number of nitrogens with zero attached hydrogens (tertiary/aromatic N) is 3. The van der Waals surface area contributed by atoms with E-state index in [1.165, 1.54) is 4.90 Å². The fourth-order valence-electron chi connectivity index (χ4n) is 2.39. The Kier molecular flexibility index (Phi) is 4.90. The Morgan fingerprint density at radius 1 is 1.33 bits per heavy atom. The molecule has 1 aliphatic rings. The molecule has 1 aromatic heterocycles. The number of carbonyl (C=O) groups is 2. The molecule has 2 heterocycles. The topological polar surface area (TPSA) is 105 Å². The zero-order valence-electron chi connectivity index (χ0n) is 12.7. The second-order valence-corrected chi connectivity index (χ2v) is 6.28. The number of nitrogens with one attached hydrogen (secondary N) is 1. The normalized spacial score (nSPS) is 16.8. The van der Waals surface area contributed by atoms with Crippen LogP contribution in [0.2, 0.25) is 0 Å². The van der Waals surface area contributed by atoms with E-state index in [2.05, 4.69) is 15.5 Å². The first-order chi connectivity index (χ1) is 11.6. The monoisotopic (exact) mass is 348 g/mol. The number of benzene rings is 1. The predicted molar refractivity (Wildman–Crippen MR) is 87.3 cm³/mol. The Labute approximate surface area is 142 Å². The van der Waals surface area contributed by atoms with Crippen LogP contribution in [0.15, 0.2) is 30.3 Å². The molecule has 2 aromatic rings. The van der Waals surface area contributed by atoms with E-state index >= 15 is 0 Å². The number of carboxylic acid groups (broad SMARTS) is 1. The van der Waals surface area contributed by atoms with E-state index < -0.39 is 6.09 Å². The standard InChI is InChI=1S/C15H16N4O4S/c20-12(8-10-4-2-1-3-5-10)16-13-17-18-14(24-13)23-11-6-7-19(9-11)15(21)22/h1-5,11H,6-9H2,(H,21,22)(H,16,17,20)/t11-/m0/s1. The van der Waals surface area contributed by atoms with Crippen molar-refractivity contribution in [2.75, 3.05) is 18.4 Å². The molecule has 0 saturated carbocycles. The average Bonchev–Trinajstić information content (AvgIpc) is 3.18. The molecule has 1 atom stereocenters. The van der Waals surface area contributed by atoms with Gasteiger partial charge in [-0.3, -0.25) is 4.79 Å². The minimum absolute atomic E-state index is 0.179. The summed E-state index contributed by atoms with van der Waals surface area (Å²) < 4.78 is 5.62. The highest BCUT2D eigenvalue weighted by atomic mass is 32.1. The van der Waals surface area contributed by atoms with Gasteiger partial charge in [-0.25, -0.2) is 4.79 Å². The lowest BCUT2D eigenvalue weighted by molar-refractivity contribution is -0.115. The summed E-state index contributed by atoms with van der Waals surface area (Å²) in [6.45, 7) is 0.754. The Morgan fingerprint density at radius 3 is 2.83 bits per heavy atom. The second kappa shape index (κ2) is 7.26. The lowest BCUT2D eigenvalue weighted by atomic mass is 10.1. The van der Waals surface area contributed by atoms with Gasteiger partial charge in [0.25, 0.3) is 5.19 Å². The van der Waals surface area contributed by atoms with Crippen LogP contribution in [0, 0.1) is 0 Å². The fourth-order valence-corrected chi connectivity index (χ4v) is 3.07. The first kappa shape index (κ1) is 16.2. The second-order valence-electron chi connectivity index (χ2n) is 5.34. The van der Waals surface area contributed by atoms with Gasteiger partial charge in [-0.2, -0.15) is 0 Å². The molecule has 2 N–H and O–H groups in total. The maximum absolute atomic E-state index is 12.0. The highest BCUT2D eigenvalue weighted by Crippen LogP contribution is 2.25. The fraction of sp³-hybridized carbons (Fsp3) is 0.333. The molecule has 126 valence electrons. The first-order valence-corrected chi connectivity index (χ1v) is 8.23. The lowest BCUT2D eigenvalue weighted by Gasteiger charge is -2.11. The molecule has 9 heteroatoms. The molecule has 0 bridgehead atoms. The quantitative estimate of drug-likeness (QED) is 0.854. The number of hydrogen-bond acceptors (Lipinski definition) is 6. The Bertz CT molecular complexity index is 721. The number of carbonyl (C=O) groups excluding carboxylic acids is 1. The van der Waals surface area contributed by atoms with Crippen molar-refractivity contribution in [1.29, 1.82) is 0 Å². The van der Waals surface area contributed by atoms with Crippen molar-refractivity contribution >= 4 is 28.5 Å². The molecule has 0 aliphatic carbocycles. The van der Waals surface area contributed by atoms with Gasteiger partial charge in [-0.1, -0.05) is 35.4 Å². The van der Waals surface area contributed by atoms with Crippen LogP contribution in [0.25, 0.3) is 0 Å². The van der Waals surface area contributed by atoms with Crippen molar-refractivity contribution in [3.05, 3.63) is 35.9 Å². The maximum Gasteiger partial charge on any atom is 0.407 e. The molecule has 0 spiro atoms. The predicted octanol–water partition coefficient (Wildman–Crippen LogP) is 1.85. The summed E-state index contributed by atoms with van der Waals surface area (Å²) >= 11 is 1.13.